The van der Waals surface area contributed by atoms with E-state index in [1.165, 1.54) is 36.7 Å². The standard InChI is InChI=1S/C34H52N6O5/c1-5-18-28(41)25(2)27(36-34(44)45-24-26-19-14-13-15-20-26)23-35-22-17-12-10-8-6-7-9-11-16-21-29-37-31-30(39(29)3)32(42)38-33(43)40(31)4/h13-15,19-20,25,27,35H,5-12,16-18,21-24H2,1-4H3,(H,36,44)(H,38,42,43). The van der Waals surface area contributed by atoms with E-state index >= 15 is 0 Å². The maximum atomic E-state index is 12.6. The first-order valence-corrected chi connectivity index (χ1v) is 16.6. The minimum atomic E-state index is -0.503. The molecule has 3 rings (SSSR count). The van der Waals surface area contributed by atoms with Crippen molar-refractivity contribution in [2.24, 2.45) is 20.0 Å². The third-order valence-electron chi connectivity index (χ3n) is 8.47. The molecule has 0 aliphatic carbocycles. The molecular formula is C34H52N6O5. The number of fused-ring (bicyclic) bond motifs is 1. The molecule has 2 aromatic heterocycles. The predicted octanol–water partition coefficient (Wildman–Crippen LogP) is 4.90. The Hall–Kier alpha value is -3.73. The van der Waals surface area contributed by atoms with Crippen LogP contribution < -0.4 is 21.9 Å². The monoisotopic (exact) mass is 624 g/mol. The number of benzene rings is 1. The highest BCUT2D eigenvalue weighted by molar-refractivity contribution is 5.82. The summed E-state index contributed by atoms with van der Waals surface area (Å²) in [6.45, 7) is 5.44. The molecule has 0 fully saturated rings. The van der Waals surface area contributed by atoms with Crippen LogP contribution in [0.25, 0.3) is 11.2 Å². The van der Waals surface area contributed by atoms with E-state index in [1.54, 1.807) is 11.6 Å². The predicted molar refractivity (Wildman–Crippen MR) is 177 cm³/mol. The molecule has 3 aromatic rings. The number of Topliss-reactive ketones (excluding diaryl/α,β-unsaturated/α-hetero) is 1. The van der Waals surface area contributed by atoms with Crippen LogP contribution >= 0.6 is 0 Å². The second kappa shape index (κ2) is 18.9. The summed E-state index contributed by atoms with van der Waals surface area (Å²) in [7, 11) is 3.45. The summed E-state index contributed by atoms with van der Waals surface area (Å²) in [5, 5.41) is 6.35. The fraction of sp³-hybridized carbons (Fsp3) is 0.618. The number of unbranched alkanes of at least 4 members (excludes halogenated alkanes) is 8. The van der Waals surface area contributed by atoms with Crippen molar-refractivity contribution in [3.63, 3.8) is 0 Å². The van der Waals surface area contributed by atoms with Crippen molar-refractivity contribution in [2.75, 3.05) is 13.1 Å². The highest BCUT2D eigenvalue weighted by atomic mass is 16.5. The Morgan fingerprint density at radius 1 is 0.933 bits per heavy atom. The Balaban J connectivity index is 1.25. The normalized spacial score (nSPS) is 12.7. The zero-order valence-corrected chi connectivity index (χ0v) is 27.5. The Labute approximate surface area is 266 Å². The van der Waals surface area contributed by atoms with E-state index in [-0.39, 0.29) is 24.3 Å². The Morgan fingerprint density at radius 2 is 1.58 bits per heavy atom. The summed E-state index contributed by atoms with van der Waals surface area (Å²) in [6.07, 6.45) is 11.9. The highest BCUT2D eigenvalue weighted by Crippen LogP contribution is 2.14. The van der Waals surface area contributed by atoms with Gasteiger partial charge < -0.3 is 19.9 Å². The first kappa shape index (κ1) is 35.7. The molecule has 1 amide bonds. The van der Waals surface area contributed by atoms with E-state index < -0.39 is 17.3 Å². The summed E-state index contributed by atoms with van der Waals surface area (Å²) in [5.74, 6) is 0.699. The number of aromatic nitrogens is 4. The van der Waals surface area contributed by atoms with Crippen molar-refractivity contribution < 1.29 is 14.3 Å². The van der Waals surface area contributed by atoms with Crippen molar-refractivity contribution >= 4 is 23.0 Å². The molecule has 3 N–H and O–H groups in total. The number of hydrogen-bond acceptors (Lipinski definition) is 7. The van der Waals surface area contributed by atoms with Gasteiger partial charge >= 0.3 is 11.8 Å². The van der Waals surface area contributed by atoms with Crippen molar-refractivity contribution in [1.82, 2.24) is 29.7 Å². The average molecular weight is 625 g/mol. The van der Waals surface area contributed by atoms with Crippen LogP contribution in [0.4, 0.5) is 4.79 Å². The fourth-order valence-electron chi connectivity index (χ4n) is 5.57. The lowest BCUT2D eigenvalue weighted by Gasteiger charge is -2.24. The average Bonchev–Trinajstić information content (AvgIpc) is 3.37. The molecule has 11 nitrogen and oxygen atoms in total. The molecule has 0 radical (unpaired) electrons. The Bertz CT molecular complexity index is 1460. The molecule has 1 aromatic carbocycles. The highest BCUT2D eigenvalue weighted by Gasteiger charge is 2.25. The number of rotatable bonds is 21. The van der Waals surface area contributed by atoms with E-state index in [9.17, 15) is 19.2 Å². The maximum Gasteiger partial charge on any atom is 0.407 e. The SMILES string of the molecule is CCCC(=O)C(C)C(CNCCCCCCCCCCCc1nc2c(c(=O)[nH]c(=O)n2C)n1C)NC(=O)OCc1ccccc1. The van der Waals surface area contributed by atoms with Gasteiger partial charge in [-0.15, -0.1) is 0 Å². The minimum Gasteiger partial charge on any atom is -0.445 e. The first-order chi connectivity index (χ1) is 21.7. The molecule has 248 valence electrons. The van der Waals surface area contributed by atoms with E-state index in [0.717, 1.165) is 56.5 Å². The van der Waals surface area contributed by atoms with Gasteiger partial charge in [0.2, 0.25) is 0 Å². The lowest BCUT2D eigenvalue weighted by molar-refractivity contribution is -0.123. The number of ether oxygens (including phenoxy) is 1. The molecule has 0 saturated heterocycles. The molecule has 0 bridgehead atoms. The molecule has 0 aliphatic rings. The molecule has 0 aliphatic heterocycles. The van der Waals surface area contributed by atoms with E-state index in [1.807, 2.05) is 51.2 Å². The van der Waals surface area contributed by atoms with Gasteiger partial charge in [-0.25, -0.2) is 14.6 Å². The van der Waals surface area contributed by atoms with Crippen LogP contribution in [0.3, 0.4) is 0 Å². The molecule has 0 saturated carbocycles. The van der Waals surface area contributed by atoms with Gasteiger partial charge in [0.05, 0.1) is 6.04 Å². The Kier molecular flexibility index (Phi) is 15.0. The number of aromatic amines is 1. The van der Waals surface area contributed by atoms with E-state index in [4.69, 9.17) is 4.74 Å². The summed E-state index contributed by atoms with van der Waals surface area (Å²) in [5.41, 5.74) is 0.954. The minimum absolute atomic E-state index is 0.155. The number of nitrogens with one attached hydrogen (secondary N) is 3. The number of alkyl carbamates (subject to hydrolysis) is 1. The number of amides is 1. The van der Waals surface area contributed by atoms with Crippen LogP contribution in [-0.2, 0) is 36.7 Å². The zero-order valence-electron chi connectivity index (χ0n) is 27.5. The molecule has 45 heavy (non-hydrogen) atoms. The zero-order chi connectivity index (χ0) is 32.6. The van der Waals surface area contributed by atoms with Gasteiger partial charge in [-0.05, 0) is 31.4 Å². The van der Waals surface area contributed by atoms with Crippen LogP contribution in [0.1, 0.15) is 95.9 Å². The molecular weight excluding hydrogens is 572 g/mol. The summed E-state index contributed by atoms with van der Waals surface area (Å²) in [4.78, 5) is 56.0. The van der Waals surface area contributed by atoms with Crippen LogP contribution in [0.2, 0.25) is 0 Å². The summed E-state index contributed by atoms with van der Waals surface area (Å²) in [6, 6.07) is 9.22. The smallest absolute Gasteiger partial charge is 0.407 e. The lowest BCUT2D eigenvalue weighted by Crippen LogP contribution is -2.48. The molecule has 2 atom stereocenters. The molecule has 11 heteroatoms. The van der Waals surface area contributed by atoms with Gasteiger partial charge in [-0.2, -0.15) is 0 Å². The first-order valence-electron chi connectivity index (χ1n) is 16.6. The summed E-state index contributed by atoms with van der Waals surface area (Å²) >= 11 is 0. The maximum absolute atomic E-state index is 12.6. The Morgan fingerprint density at radius 3 is 2.24 bits per heavy atom. The molecule has 2 heterocycles. The topological polar surface area (TPSA) is 140 Å². The van der Waals surface area contributed by atoms with Crippen LogP contribution in [0.5, 0.6) is 0 Å². The number of imidazole rings is 1. The second-order valence-corrected chi connectivity index (χ2v) is 12.0. The van der Waals surface area contributed by atoms with Crippen molar-refractivity contribution in [3.8, 4) is 0 Å². The number of nitrogens with zero attached hydrogens (tertiary/aromatic N) is 3. The number of ketones is 1. The largest absolute Gasteiger partial charge is 0.445 e. The number of carbonyl (C=O) groups is 2. The van der Waals surface area contributed by atoms with Gasteiger partial charge in [-0.3, -0.25) is 19.1 Å². The number of hydrogen-bond donors (Lipinski definition) is 3. The van der Waals surface area contributed by atoms with Crippen molar-refractivity contribution in [1.29, 1.82) is 0 Å². The van der Waals surface area contributed by atoms with Gasteiger partial charge in [-0.1, -0.05) is 89.1 Å². The van der Waals surface area contributed by atoms with Gasteiger partial charge in [0, 0.05) is 39.4 Å². The fourth-order valence-corrected chi connectivity index (χ4v) is 5.57. The van der Waals surface area contributed by atoms with Crippen LogP contribution in [0.15, 0.2) is 39.9 Å². The van der Waals surface area contributed by atoms with Gasteiger partial charge in [0.25, 0.3) is 5.56 Å². The number of H-pyrrole nitrogens is 1. The quantitative estimate of drug-likeness (QED) is 0.143. The van der Waals surface area contributed by atoms with E-state index in [2.05, 4.69) is 20.6 Å². The molecule has 2 unspecified atom stereocenters. The third-order valence-corrected chi connectivity index (χ3v) is 8.47. The number of aryl methyl sites for hydroxylation is 3. The third kappa shape index (κ3) is 11.3. The number of carbonyl (C=O) groups excluding carboxylic acids is 2. The summed E-state index contributed by atoms with van der Waals surface area (Å²) < 4.78 is 8.58. The molecule has 0 spiro atoms. The van der Waals surface area contributed by atoms with Gasteiger partial charge in [0.15, 0.2) is 11.2 Å². The van der Waals surface area contributed by atoms with Crippen molar-refractivity contribution in [3.05, 3.63) is 62.6 Å². The lowest BCUT2D eigenvalue weighted by atomic mass is 9.94. The van der Waals surface area contributed by atoms with E-state index in [0.29, 0.717) is 24.1 Å². The van der Waals surface area contributed by atoms with Crippen molar-refractivity contribution in [2.45, 2.75) is 104 Å². The van der Waals surface area contributed by atoms with Crippen LogP contribution in [-0.4, -0.2) is 50.1 Å². The second-order valence-electron chi connectivity index (χ2n) is 12.0. The van der Waals surface area contributed by atoms with Crippen LogP contribution in [0, 0.1) is 5.92 Å². The van der Waals surface area contributed by atoms with Gasteiger partial charge in [0.1, 0.15) is 18.2 Å².